The Labute approximate surface area is 79.4 Å². The number of aliphatic hydroxyl groups is 1. The van der Waals surface area contributed by atoms with Crippen LogP contribution in [0.2, 0.25) is 0 Å². The van der Waals surface area contributed by atoms with Crippen LogP contribution in [0.15, 0.2) is 24.3 Å². The van der Waals surface area contributed by atoms with Crippen molar-refractivity contribution >= 4 is 0 Å². The van der Waals surface area contributed by atoms with Gasteiger partial charge in [-0.2, -0.15) is 0 Å². The van der Waals surface area contributed by atoms with E-state index >= 15 is 0 Å². The van der Waals surface area contributed by atoms with E-state index in [0.29, 0.717) is 0 Å². The van der Waals surface area contributed by atoms with Gasteiger partial charge >= 0.3 is 0 Å². The third-order valence-corrected chi connectivity index (χ3v) is 2.20. The fraction of sp³-hybridized carbons (Fsp3) is 0.455. The molecule has 3 N–H and O–H groups in total. The molecule has 0 saturated heterocycles. The van der Waals surface area contributed by atoms with E-state index < -0.39 is 5.60 Å². The lowest BCUT2D eigenvalue weighted by Gasteiger charge is -2.25. The molecule has 0 radical (unpaired) electrons. The van der Waals surface area contributed by atoms with Crippen LogP contribution in [-0.4, -0.2) is 10.7 Å². The molecule has 0 aromatic heterocycles. The van der Waals surface area contributed by atoms with Crippen molar-refractivity contribution in [1.29, 1.82) is 0 Å². The molecule has 0 saturated carbocycles. The minimum Gasteiger partial charge on any atom is -0.388 e. The summed E-state index contributed by atoms with van der Waals surface area (Å²) in [6.07, 6.45) is 0. The second kappa shape index (κ2) is 3.48. The predicted molar refractivity (Wildman–Crippen MR) is 54.4 cm³/mol. The first-order chi connectivity index (χ1) is 5.91. The van der Waals surface area contributed by atoms with Gasteiger partial charge in [-0.15, -0.1) is 0 Å². The van der Waals surface area contributed by atoms with Crippen molar-refractivity contribution in [3.8, 4) is 0 Å². The molecular formula is C11H17NO. The molecule has 0 aliphatic heterocycles. The lowest BCUT2D eigenvalue weighted by atomic mass is 9.92. The fourth-order valence-electron chi connectivity index (χ4n) is 1.18. The summed E-state index contributed by atoms with van der Waals surface area (Å²) in [7, 11) is 0. The highest BCUT2D eigenvalue weighted by atomic mass is 16.3. The quantitative estimate of drug-likeness (QED) is 0.726. The molecule has 1 aromatic rings. The first-order valence-electron chi connectivity index (χ1n) is 4.46. The lowest BCUT2D eigenvalue weighted by molar-refractivity contribution is 0.0517. The maximum Gasteiger partial charge on any atom is 0.0783 e. The number of nitrogens with two attached hydrogens (primary N) is 1. The van der Waals surface area contributed by atoms with Crippen molar-refractivity contribution in [2.24, 2.45) is 5.73 Å². The zero-order chi connectivity index (χ0) is 10.1. The predicted octanol–water partition coefficient (Wildman–Crippen LogP) is 1.77. The van der Waals surface area contributed by atoms with Gasteiger partial charge in [0.15, 0.2) is 0 Å². The molecule has 2 nitrogen and oxygen atoms in total. The third-order valence-electron chi connectivity index (χ3n) is 2.20. The molecule has 0 heterocycles. The molecule has 0 amide bonds. The summed E-state index contributed by atoms with van der Waals surface area (Å²) in [6.45, 7) is 5.47. The first kappa shape index (κ1) is 10.2. The standard InChI is InChI=1S/C11H17NO/c1-8-4-6-9(7-5-8)10(12)11(2,3)13/h4-7,10,13H,12H2,1-3H3/t10-/m0/s1. The van der Waals surface area contributed by atoms with Crippen LogP contribution >= 0.6 is 0 Å². The van der Waals surface area contributed by atoms with Crippen molar-refractivity contribution < 1.29 is 5.11 Å². The second-order valence-electron chi connectivity index (χ2n) is 4.04. The van der Waals surface area contributed by atoms with Crippen molar-refractivity contribution in [2.75, 3.05) is 0 Å². The van der Waals surface area contributed by atoms with Gasteiger partial charge in [0.2, 0.25) is 0 Å². The summed E-state index contributed by atoms with van der Waals surface area (Å²) < 4.78 is 0. The minimum absolute atomic E-state index is 0.326. The number of hydrogen-bond acceptors (Lipinski definition) is 2. The third kappa shape index (κ3) is 2.54. The number of rotatable bonds is 2. The van der Waals surface area contributed by atoms with Gasteiger partial charge < -0.3 is 10.8 Å². The molecule has 0 bridgehead atoms. The van der Waals surface area contributed by atoms with Gasteiger partial charge in [0.1, 0.15) is 0 Å². The molecule has 72 valence electrons. The van der Waals surface area contributed by atoms with Crippen LogP contribution in [-0.2, 0) is 0 Å². The van der Waals surface area contributed by atoms with E-state index in [1.807, 2.05) is 31.2 Å². The minimum atomic E-state index is -0.866. The summed E-state index contributed by atoms with van der Waals surface area (Å²) >= 11 is 0. The Morgan fingerprint density at radius 3 is 2.08 bits per heavy atom. The Hall–Kier alpha value is -0.860. The van der Waals surface area contributed by atoms with E-state index in [1.165, 1.54) is 5.56 Å². The van der Waals surface area contributed by atoms with Crippen molar-refractivity contribution in [3.63, 3.8) is 0 Å². The summed E-state index contributed by atoms with van der Waals surface area (Å²) in [5, 5.41) is 9.68. The van der Waals surface area contributed by atoms with Gasteiger partial charge in [-0.25, -0.2) is 0 Å². The maximum atomic E-state index is 9.68. The van der Waals surface area contributed by atoms with E-state index in [-0.39, 0.29) is 6.04 Å². The second-order valence-corrected chi connectivity index (χ2v) is 4.04. The van der Waals surface area contributed by atoms with Crippen LogP contribution in [0, 0.1) is 6.92 Å². The molecule has 0 spiro atoms. The van der Waals surface area contributed by atoms with Gasteiger partial charge in [0.05, 0.1) is 11.6 Å². The van der Waals surface area contributed by atoms with Gasteiger partial charge in [-0.3, -0.25) is 0 Å². The average Bonchev–Trinajstić information content (AvgIpc) is 2.03. The zero-order valence-electron chi connectivity index (χ0n) is 8.41. The number of aryl methyl sites for hydroxylation is 1. The monoisotopic (exact) mass is 179 g/mol. The molecule has 0 aliphatic carbocycles. The van der Waals surface area contributed by atoms with E-state index in [0.717, 1.165) is 5.56 Å². The maximum absolute atomic E-state index is 9.68. The van der Waals surface area contributed by atoms with Crippen molar-refractivity contribution in [1.82, 2.24) is 0 Å². The summed E-state index contributed by atoms with van der Waals surface area (Å²) in [5.74, 6) is 0. The SMILES string of the molecule is Cc1ccc([C@H](N)C(C)(C)O)cc1. The van der Waals surface area contributed by atoms with Crippen LogP contribution in [0.3, 0.4) is 0 Å². The highest BCUT2D eigenvalue weighted by Gasteiger charge is 2.23. The van der Waals surface area contributed by atoms with Crippen LogP contribution in [0.5, 0.6) is 0 Å². The Morgan fingerprint density at radius 1 is 1.23 bits per heavy atom. The van der Waals surface area contributed by atoms with E-state index in [9.17, 15) is 5.11 Å². The fourth-order valence-corrected chi connectivity index (χ4v) is 1.18. The van der Waals surface area contributed by atoms with Crippen LogP contribution in [0.4, 0.5) is 0 Å². The number of hydrogen-bond donors (Lipinski definition) is 2. The Morgan fingerprint density at radius 2 is 1.69 bits per heavy atom. The molecule has 1 rings (SSSR count). The van der Waals surface area contributed by atoms with Crippen LogP contribution < -0.4 is 5.73 Å². The highest BCUT2D eigenvalue weighted by molar-refractivity contribution is 5.25. The van der Waals surface area contributed by atoms with E-state index in [4.69, 9.17) is 5.73 Å². The molecular weight excluding hydrogens is 162 g/mol. The Kier molecular flexibility index (Phi) is 2.74. The summed E-state index contributed by atoms with van der Waals surface area (Å²) in [5.41, 5.74) is 7.18. The lowest BCUT2D eigenvalue weighted by Crippen LogP contribution is -2.34. The normalized spacial score (nSPS) is 14.2. The molecule has 13 heavy (non-hydrogen) atoms. The molecule has 2 heteroatoms. The zero-order valence-corrected chi connectivity index (χ0v) is 8.41. The van der Waals surface area contributed by atoms with E-state index in [2.05, 4.69) is 0 Å². The molecule has 1 atom stereocenters. The average molecular weight is 179 g/mol. The van der Waals surface area contributed by atoms with Gasteiger partial charge in [-0.1, -0.05) is 29.8 Å². The van der Waals surface area contributed by atoms with Gasteiger partial charge in [0, 0.05) is 0 Å². The molecule has 1 aromatic carbocycles. The van der Waals surface area contributed by atoms with Crippen molar-refractivity contribution in [3.05, 3.63) is 35.4 Å². The summed E-state index contributed by atoms with van der Waals surface area (Å²) in [4.78, 5) is 0. The van der Waals surface area contributed by atoms with Crippen LogP contribution in [0.1, 0.15) is 31.0 Å². The van der Waals surface area contributed by atoms with Crippen LogP contribution in [0.25, 0.3) is 0 Å². The Bertz CT molecular complexity index is 271. The largest absolute Gasteiger partial charge is 0.388 e. The highest BCUT2D eigenvalue weighted by Crippen LogP contribution is 2.22. The van der Waals surface area contributed by atoms with Gasteiger partial charge in [-0.05, 0) is 26.3 Å². The topological polar surface area (TPSA) is 46.2 Å². The molecule has 0 unspecified atom stereocenters. The van der Waals surface area contributed by atoms with Gasteiger partial charge in [0.25, 0.3) is 0 Å². The molecule has 0 fully saturated rings. The Balaban J connectivity index is 2.90. The molecule has 0 aliphatic rings. The number of benzene rings is 1. The summed E-state index contributed by atoms with van der Waals surface area (Å²) in [6, 6.07) is 7.59. The van der Waals surface area contributed by atoms with E-state index in [1.54, 1.807) is 13.8 Å². The first-order valence-corrected chi connectivity index (χ1v) is 4.46. The van der Waals surface area contributed by atoms with Crippen molar-refractivity contribution in [2.45, 2.75) is 32.4 Å². The smallest absolute Gasteiger partial charge is 0.0783 e.